The second-order valence-electron chi connectivity index (χ2n) is 15.1. The van der Waals surface area contributed by atoms with E-state index >= 15 is 0 Å². The summed E-state index contributed by atoms with van der Waals surface area (Å²) in [7, 11) is 1.99. The van der Waals surface area contributed by atoms with Gasteiger partial charge in [0.15, 0.2) is 0 Å². The van der Waals surface area contributed by atoms with Gasteiger partial charge in [0.25, 0.3) is 5.56 Å². The Bertz CT molecular complexity index is 2680. The molecule has 58 heavy (non-hydrogen) atoms. The first kappa shape index (κ1) is 39.8. The van der Waals surface area contributed by atoms with Crippen molar-refractivity contribution >= 4 is 39.8 Å². The maximum atomic E-state index is 14.1. The fourth-order valence-electron chi connectivity index (χ4n) is 9.11. The molecule has 3 atom stereocenters. The highest BCUT2D eigenvalue weighted by Crippen LogP contribution is 2.43. The number of hydrogen-bond acceptors (Lipinski definition) is 6. The SMILES string of the molecule is Cc1nc2n(C)c3ccccc3n2c(=O)c1CCN1CCC(C2c3ccccc3CCn3c2nc2ccccc23)CC1Cc1ccccc1.O.O=C(O)/C=C\C(=O)O. The normalized spacial score (nSPS) is 17.9. The molecule has 9 rings (SSSR count). The first-order chi connectivity index (χ1) is 27.7. The highest BCUT2D eigenvalue weighted by atomic mass is 16.4. The van der Waals surface area contributed by atoms with Gasteiger partial charge in [0.1, 0.15) is 5.82 Å². The van der Waals surface area contributed by atoms with Crippen molar-refractivity contribution in [2.45, 2.75) is 57.5 Å². The van der Waals surface area contributed by atoms with Crippen LogP contribution < -0.4 is 5.56 Å². The summed E-state index contributed by atoms with van der Waals surface area (Å²) in [6, 6.07) is 37.1. The molecule has 5 heterocycles. The number of piperidine rings is 1. The number of carboxylic acid groups (broad SMARTS) is 2. The lowest BCUT2D eigenvalue weighted by Crippen LogP contribution is -2.46. The van der Waals surface area contributed by atoms with Crippen molar-refractivity contribution in [1.82, 2.24) is 28.4 Å². The number of likely N-dealkylation sites (tertiary alicyclic amines) is 1. The van der Waals surface area contributed by atoms with E-state index in [9.17, 15) is 14.4 Å². The number of rotatable bonds is 8. The summed E-state index contributed by atoms with van der Waals surface area (Å²) in [5, 5.41) is 15.6. The van der Waals surface area contributed by atoms with Crippen LogP contribution in [-0.2, 0) is 42.4 Å². The summed E-state index contributed by atoms with van der Waals surface area (Å²) in [4.78, 5) is 46.2. The van der Waals surface area contributed by atoms with Crippen LogP contribution in [0.3, 0.4) is 0 Å². The molecule has 3 aromatic heterocycles. The third-order valence-corrected chi connectivity index (χ3v) is 11.8. The number of fused-ring (bicyclic) bond motifs is 7. The minimum absolute atomic E-state index is 0. The molecule has 0 saturated carbocycles. The van der Waals surface area contributed by atoms with Gasteiger partial charge in [-0.15, -0.1) is 0 Å². The lowest BCUT2D eigenvalue weighted by molar-refractivity contribution is -0.134. The van der Waals surface area contributed by atoms with Crippen LogP contribution in [0, 0.1) is 12.8 Å². The van der Waals surface area contributed by atoms with E-state index in [0.717, 1.165) is 73.1 Å². The van der Waals surface area contributed by atoms with Gasteiger partial charge in [0, 0.05) is 49.8 Å². The third kappa shape index (κ3) is 7.80. The van der Waals surface area contributed by atoms with E-state index in [1.165, 1.54) is 28.0 Å². The maximum Gasteiger partial charge on any atom is 0.328 e. The number of benzene rings is 4. The number of nitrogens with zero attached hydrogens (tertiary/aromatic N) is 6. The molecular formula is C46H48N6O6. The van der Waals surface area contributed by atoms with Crippen molar-refractivity contribution in [2.24, 2.45) is 13.0 Å². The third-order valence-electron chi connectivity index (χ3n) is 11.8. The molecular weight excluding hydrogens is 733 g/mol. The topological polar surface area (TPSA) is 166 Å². The van der Waals surface area contributed by atoms with Gasteiger partial charge in [-0.25, -0.2) is 24.0 Å². The van der Waals surface area contributed by atoms with Crippen molar-refractivity contribution in [3.8, 4) is 0 Å². The summed E-state index contributed by atoms with van der Waals surface area (Å²) < 4.78 is 6.33. The Morgan fingerprint density at radius 1 is 0.810 bits per heavy atom. The average molecular weight is 781 g/mol. The number of carboxylic acids is 2. The molecule has 7 aromatic rings. The molecule has 1 saturated heterocycles. The molecule has 4 aromatic carbocycles. The van der Waals surface area contributed by atoms with Crippen LogP contribution in [0.4, 0.5) is 0 Å². The predicted octanol–water partition coefficient (Wildman–Crippen LogP) is 5.99. The van der Waals surface area contributed by atoms with E-state index in [0.29, 0.717) is 36.3 Å². The lowest BCUT2D eigenvalue weighted by Gasteiger charge is -2.42. The highest BCUT2D eigenvalue weighted by molar-refractivity contribution is 5.89. The van der Waals surface area contributed by atoms with Crippen molar-refractivity contribution in [3.05, 3.63) is 159 Å². The zero-order valence-electron chi connectivity index (χ0n) is 32.7. The zero-order valence-corrected chi connectivity index (χ0v) is 32.7. The molecule has 0 radical (unpaired) electrons. The second-order valence-corrected chi connectivity index (χ2v) is 15.1. The summed E-state index contributed by atoms with van der Waals surface area (Å²) in [6.45, 7) is 4.78. The molecule has 0 aliphatic carbocycles. The van der Waals surface area contributed by atoms with Crippen LogP contribution in [0.1, 0.15) is 52.5 Å². The molecule has 12 nitrogen and oxygen atoms in total. The molecule has 1 fully saturated rings. The Hall–Kier alpha value is -6.37. The van der Waals surface area contributed by atoms with Crippen LogP contribution in [0.5, 0.6) is 0 Å². The van der Waals surface area contributed by atoms with Gasteiger partial charge in [-0.1, -0.05) is 78.9 Å². The summed E-state index contributed by atoms with van der Waals surface area (Å²) >= 11 is 0. The average Bonchev–Trinajstić information content (AvgIpc) is 3.66. The van der Waals surface area contributed by atoms with Crippen molar-refractivity contribution in [1.29, 1.82) is 0 Å². The van der Waals surface area contributed by atoms with Crippen LogP contribution in [0.25, 0.3) is 27.8 Å². The summed E-state index contributed by atoms with van der Waals surface area (Å²) in [5.41, 5.74) is 10.2. The van der Waals surface area contributed by atoms with E-state index in [2.05, 4.69) is 94.4 Å². The molecule has 0 amide bonds. The zero-order chi connectivity index (χ0) is 39.6. The van der Waals surface area contributed by atoms with E-state index in [-0.39, 0.29) is 17.0 Å². The highest BCUT2D eigenvalue weighted by Gasteiger charge is 2.38. The van der Waals surface area contributed by atoms with Gasteiger partial charge >= 0.3 is 11.9 Å². The van der Waals surface area contributed by atoms with Gasteiger partial charge in [0.2, 0.25) is 5.78 Å². The molecule has 0 bridgehead atoms. The van der Waals surface area contributed by atoms with Crippen LogP contribution in [-0.4, -0.2) is 75.2 Å². The molecule has 298 valence electrons. The van der Waals surface area contributed by atoms with Gasteiger partial charge in [0.05, 0.1) is 27.8 Å². The van der Waals surface area contributed by atoms with Crippen molar-refractivity contribution in [2.75, 3.05) is 13.1 Å². The summed E-state index contributed by atoms with van der Waals surface area (Å²) in [5.74, 6) is 0.114. The van der Waals surface area contributed by atoms with E-state index in [4.69, 9.17) is 20.2 Å². The quantitative estimate of drug-likeness (QED) is 0.178. The van der Waals surface area contributed by atoms with Gasteiger partial charge < -0.3 is 24.8 Å². The molecule has 2 aliphatic rings. The molecule has 0 spiro atoms. The Morgan fingerprint density at radius 3 is 2.21 bits per heavy atom. The number of imidazole rings is 2. The first-order valence-electron chi connectivity index (χ1n) is 19.6. The Labute approximate surface area is 335 Å². The number of aromatic nitrogens is 5. The molecule has 3 unspecified atom stereocenters. The Morgan fingerprint density at radius 2 is 1.47 bits per heavy atom. The van der Waals surface area contributed by atoms with Gasteiger partial charge in [-0.3, -0.25) is 9.69 Å². The monoisotopic (exact) mass is 780 g/mol. The fraction of sp³-hybridized carbons (Fsp3) is 0.283. The van der Waals surface area contributed by atoms with E-state index in [1.807, 2.05) is 36.7 Å². The van der Waals surface area contributed by atoms with Crippen LogP contribution >= 0.6 is 0 Å². The maximum absolute atomic E-state index is 14.1. The number of aryl methyl sites for hydroxylation is 4. The minimum atomic E-state index is -1.26. The summed E-state index contributed by atoms with van der Waals surface area (Å²) in [6.07, 6.45) is 5.98. The number of para-hydroxylation sites is 4. The number of carbonyl (C=O) groups is 2. The van der Waals surface area contributed by atoms with Gasteiger partial charge in [-0.2, -0.15) is 0 Å². The molecule has 2 aliphatic heterocycles. The predicted molar refractivity (Wildman–Crippen MR) is 224 cm³/mol. The smallest absolute Gasteiger partial charge is 0.328 e. The van der Waals surface area contributed by atoms with Crippen LogP contribution in [0.15, 0.2) is 120 Å². The standard InChI is InChI=1S/C42H42N6O.C4H4O4.H2O/c1-28-33(41(49)48-38-19-11-10-18-37(38)45(2)42(48)43-28)22-24-46-23-20-31(27-32(46)26-29-12-4-3-5-13-29)39-34-15-7-6-14-30(34)21-25-47-36-17-9-8-16-35(36)44-40(39)47;5-3(6)1-2-4(7)8;/h3-19,31-32,39H,20-27H2,1-2H3;1-2H,(H,5,6)(H,7,8);1H2/b;2-1-;. The second kappa shape index (κ2) is 17.0. The minimum Gasteiger partial charge on any atom is -0.478 e. The lowest BCUT2D eigenvalue weighted by atomic mass is 9.75. The molecule has 12 heteroatoms. The first-order valence-corrected chi connectivity index (χ1v) is 19.6. The van der Waals surface area contributed by atoms with E-state index in [1.54, 1.807) is 4.40 Å². The van der Waals surface area contributed by atoms with Crippen molar-refractivity contribution < 1.29 is 25.3 Å². The Kier molecular flexibility index (Phi) is 11.7. The largest absolute Gasteiger partial charge is 0.478 e. The van der Waals surface area contributed by atoms with Crippen molar-refractivity contribution in [3.63, 3.8) is 0 Å². The van der Waals surface area contributed by atoms with Crippen LogP contribution in [0.2, 0.25) is 0 Å². The number of aliphatic carboxylic acids is 2. The molecule has 4 N–H and O–H groups in total. The fourth-order valence-corrected chi connectivity index (χ4v) is 9.11. The van der Waals surface area contributed by atoms with E-state index < -0.39 is 11.9 Å². The van der Waals surface area contributed by atoms with Gasteiger partial charge in [-0.05, 0) is 92.4 Å². The number of hydrogen-bond donors (Lipinski definition) is 2. The Balaban J connectivity index is 0.000000518.